The number of hydrogen-bond donors (Lipinski definition) is 0. The first-order valence-corrected chi connectivity index (χ1v) is 12.3. The van der Waals surface area contributed by atoms with Gasteiger partial charge in [-0.15, -0.1) is 0 Å². The van der Waals surface area contributed by atoms with Gasteiger partial charge in [-0.05, 0) is 36.1 Å². The summed E-state index contributed by atoms with van der Waals surface area (Å²) < 4.78 is 6.29. The van der Waals surface area contributed by atoms with E-state index in [2.05, 4.69) is 0 Å². The fourth-order valence-corrected chi connectivity index (χ4v) is 6.00. The first-order chi connectivity index (χ1) is 18.2. The maximum Gasteiger partial charge on any atom is 0.269 e. The van der Waals surface area contributed by atoms with Crippen LogP contribution in [0.15, 0.2) is 66.7 Å². The van der Waals surface area contributed by atoms with Crippen LogP contribution in [0.3, 0.4) is 0 Å². The average molecular weight is 511 g/mol. The second-order valence-electron chi connectivity index (χ2n) is 9.82. The molecule has 3 aliphatic rings. The number of rotatable bonds is 4. The number of amides is 2. The highest BCUT2D eigenvalue weighted by Gasteiger charge is 2.74. The first-order valence-electron chi connectivity index (χ1n) is 12.3. The third kappa shape index (κ3) is 3.02. The molecule has 2 saturated heterocycles. The Kier molecular flexibility index (Phi) is 5.19. The summed E-state index contributed by atoms with van der Waals surface area (Å²) in [7, 11) is 0. The zero-order valence-electron chi connectivity index (χ0n) is 20.5. The summed E-state index contributed by atoms with van der Waals surface area (Å²) >= 11 is 0. The molecule has 1 spiro atoms. The predicted octanol–water partition coefficient (Wildman–Crippen LogP) is 4.16. The molecule has 3 atom stereocenters. The topological polar surface area (TPSA) is 124 Å². The number of benzene rings is 3. The molecule has 0 aromatic heterocycles. The molecule has 6 rings (SSSR count). The average Bonchev–Trinajstić information content (AvgIpc) is 3.49. The lowest BCUT2D eigenvalue weighted by atomic mass is 9.77. The van der Waals surface area contributed by atoms with Crippen LogP contribution in [-0.2, 0) is 20.7 Å². The molecule has 0 bridgehead atoms. The van der Waals surface area contributed by atoms with Crippen molar-refractivity contribution in [3.05, 3.63) is 105 Å². The molecule has 190 valence electrons. The van der Waals surface area contributed by atoms with Gasteiger partial charge < -0.3 is 4.74 Å². The number of ketones is 2. The van der Waals surface area contributed by atoms with E-state index < -0.39 is 51.8 Å². The zero-order valence-corrected chi connectivity index (χ0v) is 20.5. The van der Waals surface area contributed by atoms with Gasteiger partial charge in [-0.1, -0.05) is 55.5 Å². The van der Waals surface area contributed by atoms with E-state index in [4.69, 9.17) is 4.74 Å². The number of nitro groups is 1. The van der Waals surface area contributed by atoms with Crippen molar-refractivity contribution in [2.24, 2.45) is 11.8 Å². The highest BCUT2D eigenvalue weighted by molar-refractivity contribution is 6.37. The van der Waals surface area contributed by atoms with Gasteiger partial charge >= 0.3 is 0 Å². The number of Topliss-reactive ketones (excluding diaryl/α,β-unsaturated/α-hetero) is 2. The van der Waals surface area contributed by atoms with E-state index >= 15 is 0 Å². The van der Waals surface area contributed by atoms with Crippen LogP contribution >= 0.6 is 0 Å². The van der Waals surface area contributed by atoms with Gasteiger partial charge in [0.25, 0.3) is 5.69 Å². The summed E-state index contributed by atoms with van der Waals surface area (Å²) in [6.07, 6.45) is -0.230. The van der Waals surface area contributed by atoms with E-state index in [1.54, 1.807) is 31.2 Å². The van der Waals surface area contributed by atoms with Crippen LogP contribution in [0.1, 0.15) is 50.4 Å². The summed E-state index contributed by atoms with van der Waals surface area (Å²) in [5.74, 6) is -5.14. The van der Waals surface area contributed by atoms with Gasteiger partial charge in [-0.25, -0.2) is 4.90 Å². The number of carbonyl (C=O) groups excluding carboxylic acids is 4. The van der Waals surface area contributed by atoms with Crippen LogP contribution < -0.4 is 4.90 Å². The Bertz CT molecular complexity index is 1540. The van der Waals surface area contributed by atoms with Crippen molar-refractivity contribution in [1.29, 1.82) is 0 Å². The van der Waals surface area contributed by atoms with Gasteiger partial charge in [-0.3, -0.25) is 29.3 Å². The number of nitrogens with zero attached hydrogens (tertiary/aromatic N) is 2. The minimum Gasteiger partial charge on any atom is -0.349 e. The quantitative estimate of drug-likeness (QED) is 0.223. The van der Waals surface area contributed by atoms with Gasteiger partial charge in [-0.2, -0.15) is 0 Å². The van der Waals surface area contributed by atoms with Crippen LogP contribution in [-0.4, -0.2) is 33.9 Å². The molecule has 0 saturated carbocycles. The Morgan fingerprint density at radius 1 is 0.921 bits per heavy atom. The van der Waals surface area contributed by atoms with Crippen molar-refractivity contribution < 1.29 is 28.8 Å². The number of non-ortho nitro benzene ring substituents is 1. The van der Waals surface area contributed by atoms with E-state index in [-0.39, 0.29) is 22.5 Å². The van der Waals surface area contributed by atoms with Gasteiger partial charge in [0.1, 0.15) is 0 Å². The number of ether oxygens (including phenoxy) is 1. The molecule has 9 nitrogen and oxygen atoms in total. The molecule has 0 N–H and O–H groups in total. The fourth-order valence-electron chi connectivity index (χ4n) is 6.00. The number of fused-ring (bicyclic) bond motifs is 3. The predicted molar refractivity (Wildman–Crippen MR) is 135 cm³/mol. The molecule has 38 heavy (non-hydrogen) atoms. The second kappa shape index (κ2) is 8.26. The minimum absolute atomic E-state index is 0.156. The van der Waals surface area contributed by atoms with Crippen molar-refractivity contribution in [3.63, 3.8) is 0 Å². The third-order valence-corrected chi connectivity index (χ3v) is 7.87. The Hall–Kier alpha value is -4.50. The molecule has 0 unspecified atom stereocenters. The number of hydrogen-bond acceptors (Lipinski definition) is 7. The molecule has 0 radical (unpaired) electrons. The van der Waals surface area contributed by atoms with Gasteiger partial charge in [0.05, 0.1) is 28.6 Å². The van der Waals surface area contributed by atoms with Crippen molar-refractivity contribution in [3.8, 4) is 0 Å². The Labute approximate surface area is 217 Å². The van der Waals surface area contributed by atoms with Crippen molar-refractivity contribution in [2.45, 2.75) is 32.0 Å². The summed E-state index contributed by atoms with van der Waals surface area (Å²) in [6.45, 7) is 3.56. The maximum absolute atomic E-state index is 14.0. The molecule has 3 aromatic carbocycles. The maximum atomic E-state index is 14.0. The van der Waals surface area contributed by atoms with Crippen molar-refractivity contribution in [2.75, 3.05) is 4.90 Å². The Morgan fingerprint density at radius 2 is 1.55 bits per heavy atom. The van der Waals surface area contributed by atoms with Gasteiger partial charge in [0, 0.05) is 23.3 Å². The van der Waals surface area contributed by atoms with Crippen LogP contribution in [0.5, 0.6) is 0 Å². The lowest BCUT2D eigenvalue weighted by molar-refractivity contribution is -0.384. The minimum atomic E-state index is -2.17. The monoisotopic (exact) mass is 510 g/mol. The number of anilines is 1. The van der Waals surface area contributed by atoms with Crippen LogP contribution in [0.4, 0.5) is 11.4 Å². The fraction of sp³-hybridized carbons (Fsp3) is 0.241. The van der Waals surface area contributed by atoms with E-state index in [0.29, 0.717) is 11.1 Å². The summed E-state index contributed by atoms with van der Waals surface area (Å²) in [5, 5.41) is 11.2. The summed E-state index contributed by atoms with van der Waals surface area (Å²) in [5.41, 5.74) is 0.100. The SMILES string of the molecule is CCc1ccc([C@H]2OC3(C(=O)c4ccccc4C3=O)[C@@H]3C(=O)N(c4ccc([N+](=O)[O-])cc4C)C(=O)[C@@H]23)cc1. The summed E-state index contributed by atoms with van der Waals surface area (Å²) in [4.78, 5) is 67.3. The third-order valence-electron chi connectivity index (χ3n) is 7.87. The van der Waals surface area contributed by atoms with Gasteiger partial charge in [0.15, 0.2) is 0 Å². The number of nitro benzene ring substituents is 1. The Balaban J connectivity index is 1.52. The highest BCUT2D eigenvalue weighted by atomic mass is 16.6. The van der Waals surface area contributed by atoms with E-state index in [0.717, 1.165) is 16.9 Å². The molecule has 9 heteroatoms. The molecule has 2 heterocycles. The van der Waals surface area contributed by atoms with Crippen LogP contribution in [0.25, 0.3) is 0 Å². The molecular formula is C29H22N2O7. The number of carbonyl (C=O) groups is 4. The van der Waals surface area contributed by atoms with Crippen LogP contribution in [0, 0.1) is 28.9 Å². The largest absolute Gasteiger partial charge is 0.349 e. The molecule has 2 fully saturated rings. The van der Waals surface area contributed by atoms with Crippen molar-refractivity contribution >= 4 is 34.8 Å². The number of imide groups is 1. The molecule has 2 amide bonds. The van der Waals surface area contributed by atoms with Crippen LogP contribution in [0.2, 0.25) is 0 Å². The van der Waals surface area contributed by atoms with Crippen molar-refractivity contribution in [1.82, 2.24) is 0 Å². The Morgan fingerprint density at radius 3 is 2.11 bits per heavy atom. The molecule has 2 aliphatic heterocycles. The standard InChI is InChI=1S/C29H22N2O7/c1-3-16-8-10-17(11-9-16)24-22-23(29(38-24)25(32)19-6-4-5-7-20(19)26(29)33)28(35)30(27(22)34)21-13-12-18(31(36)37)14-15(21)2/h4-14,22-24H,3H2,1-2H3/t22-,23+,24-/m1/s1. The van der Waals surface area contributed by atoms with E-state index in [9.17, 15) is 29.3 Å². The summed E-state index contributed by atoms with van der Waals surface area (Å²) in [6, 6.07) is 17.5. The zero-order chi connectivity index (χ0) is 26.9. The number of aryl methyl sites for hydroxylation is 2. The second-order valence-corrected chi connectivity index (χ2v) is 9.82. The smallest absolute Gasteiger partial charge is 0.269 e. The lowest BCUT2D eigenvalue weighted by Gasteiger charge is -2.27. The van der Waals surface area contributed by atoms with Gasteiger partial charge in [0.2, 0.25) is 29.0 Å². The molecule has 1 aliphatic carbocycles. The van der Waals surface area contributed by atoms with E-state index in [1.807, 2.05) is 19.1 Å². The lowest BCUT2D eigenvalue weighted by Crippen LogP contribution is -2.51. The highest BCUT2D eigenvalue weighted by Crippen LogP contribution is 2.58. The normalized spacial score (nSPS) is 23.3. The first kappa shape index (κ1) is 23.9. The molecule has 3 aromatic rings. The molecular weight excluding hydrogens is 488 g/mol. The van der Waals surface area contributed by atoms with E-state index in [1.165, 1.54) is 30.3 Å².